The van der Waals surface area contributed by atoms with Crippen LogP contribution in [-0.4, -0.2) is 17.1 Å². The van der Waals surface area contributed by atoms with Gasteiger partial charge < -0.3 is 9.72 Å². The molecule has 0 aliphatic heterocycles. The minimum absolute atomic E-state index is 0.124. The summed E-state index contributed by atoms with van der Waals surface area (Å²) in [4.78, 5) is 21.1. The third-order valence-electron chi connectivity index (χ3n) is 4.12. The lowest BCUT2D eigenvalue weighted by molar-refractivity contribution is 0.415. The van der Waals surface area contributed by atoms with Crippen LogP contribution in [0.15, 0.2) is 58.7 Å². The lowest BCUT2D eigenvalue weighted by Crippen LogP contribution is -2.09. The van der Waals surface area contributed by atoms with Crippen LogP contribution in [0.25, 0.3) is 32.7 Å². The third kappa shape index (κ3) is 2.83. The van der Waals surface area contributed by atoms with Crippen LogP contribution < -0.4 is 10.3 Å². The van der Waals surface area contributed by atoms with E-state index >= 15 is 0 Å². The smallest absolute Gasteiger partial charge is 0.260 e. The van der Waals surface area contributed by atoms with Gasteiger partial charge in [-0.3, -0.25) is 4.79 Å². The van der Waals surface area contributed by atoms with Crippen LogP contribution in [0, 0.1) is 6.92 Å². The van der Waals surface area contributed by atoms with Crippen molar-refractivity contribution in [3.63, 3.8) is 0 Å². The van der Waals surface area contributed by atoms with Gasteiger partial charge in [0.1, 0.15) is 16.4 Å². The quantitative estimate of drug-likeness (QED) is 0.587. The number of aromatic nitrogens is 2. The molecule has 0 saturated heterocycles. The number of hydrogen-bond donors (Lipinski definition) is 1. The Morgan fingerprint density at radius 2 is 1.88 bits per heavy atom. The molecule has 124 valence electrons. The van der Waals surface area contributed by atoms with E-state index in [0.29, 0.717) is 11.2 Å². The number of methoxy groups -OCH3 is 1. The monoisotopic (exact) mass is 348 g/mol. The summed E-state index contributed by atoms with van der Waals surface area (Å²) >= 11 is 1.48. The molecule has 2 aromatic carbocycles. The van der Waals surface area contributed by atoms with Gasteiger partial charge in [-0.1, -0.05) is 35.9 Å². The molecule has 25 heavy (non-hydrogen) atoms. The molecular weight excluding hydrogens is 332 g/mol. The fourth-order valence-electron chi connectivity index (χ4n) is 2.88. The Balaban J connectivity index is 1.89. The number of nitrogens with zero attached hydrogens (tertiary/aromatic N) is 1. The van der Waals surface area contributed by atoms with Gasteiger partial charge in [0.05, 0.1) is 12.5 Å². The van der Waals surface area contributed by atoms with Crippen molar-refractivity contribution in [3.05, 3.63) is 69.8 Å². The minimum atomic E-state index is -0.124. The van der Waals surface area contributed by atoms with Crippen molar-refractivity contribution in [1.29, 1.82) is 0 Å². The summed E-state index contributed by atoms with van der Waals surface area (Å²) < 4.78 is 5.29. The van der Waals surface area contributed by atoms with E-state index in [1.54, 1.807) is 7.11 Å². The number of benzene rings is 2. The first-order chi connectivity index (χ1) is 12.2. The molecule has 0 bridgehead atoms. The van der Waals surface area contributed by atoms with Crippen molar-refractivity contribution in [2.45, 2.75) is 6.92 Å². The Kier molecular flexibility index (Phi) is 3.86. The molecule has 0 aliphatic carbocycles. The van der Waals surface area contributed by atoms with Crippen molar-refractivity contribution in [1.82, 2.24) is 9.97 Å². The van der Waals surface area contributed by atoms with Crippen molar-refractivity contribution in [3.8, 4) is 28.3 Å². The molecule has 0 unspecified atom stereocenters. The standard InChI is InChI=1S/C20H16N2O2S/c1-12-5-3-7-14(9-12)18-21-19(23)17-16(11-25-20(17)22-18)13-6-4-8-15(10-13)24-2/h3-11H,1-2H3,(H,21,22,23). The molecule has 0 saturated carbocycles. The van der Waals surface area contributed by atoms with Crippen LogP contribution in [0.5, 0.6) is 5.75 Å². The maximum absolute atomic E-state index is 12.7. The van der Waals surface area contributed by atoms with Gasteiger partial charge in [-0.25, -0.2) is 4.98 Å². The average molecular weight is 348 g/mol. The third-order valence-corrected chi connectivity index (χ3v) is 4.99. The molecule has 0 spiro atoms. The van der Waals surface area contributed by atoms with Gasteiger partial charge in [0.25, 0.3) is 5.56 Å². The molecule has 2 aromatic heterocycles. The van der Waals surface area contributed by atoms with Crippen LogP contribution in [0.2, 0.25) is 0 Å². The largest absolute Gasteiger partial charge is 0.497 e. The van der Waals surface area contributed by atoms with Gasteiger partial charge in [-0.15, -0.1) is 11.3 Å². The first-order valence-electron chi connectivity index (χ1n) is 7.88. The maximum Gasteiger partial charge on any atom is 0.260 e. The highest BCUT2D eigenvalue weighted by atomic mass is 32.1. The van der Waals surface area contributed by atoms with E-state index in [4.69, 9.17) is 4.74 Å². The molecule has 0 amide bonds. The summed E-state index contributed by atoms with van der Waals surface area (Å²) in [5.74, 6) is 1.36. The second kappa shape index (κ2) is 6.18. The topological polar surface area (TPSA) is 55.0 Å². The molecule has 0 aliphatic rings. The zero-order chi connectivity index (χ0) is 17.4. The molecule has 4 nitrogen and oxygen atoms in total. The van der Waals surface area contributed by atoms with E-state index in [1.165, 1.54) is 11.3 Å². The van der Waals surface area contributed by atoms with Crippen LogP contribution in [0.4, 0.5) is 0 Å². The molecule has 0 atom stereocenters. The van der Waals surface area contributed by atoms with E-state index in [1.807, 2.05) is 60.8 Å². The van der Waals surface area contributed by atoms with Crippen molar-refractivity contribution >= 4 is 21.6 Å². The van der Waals surface area contributed by atoms with Gasteiger partial charge in [0.15, 0.2) is 0 Å². The first-order valence-corrected chi connectivity index (χ1v) is 8.76. The highest BCUT2D eigenvalue weighted by Gasteiger charge is 2.14. The highest BCUT2D eigenvalue weighted by Crippen LogP contribution is 2.33. The molecule has 4 rings (SSSR count). The predicted molar refractivity (Wildman–Crippen MR) is 102 cm³/mol. The molecule has 2 heterocycles. The van der Waals surface area contributed by atoms with E-state index in [2.05, 4.69) is 9.97 Å². The van der Waals surface area contributed by atoms with Crippen LogP contribution >= 0.6 is 11.3 Å². The highest BCUT2D eigenvalue weighted by molar-refractivity contribution is 7.17. The average Bonchev–Trinajstić information content (AvgIpc) is 3.06. The normalized spacial score (nSPS) is 11.0. The minimum Gasteiger partial charge on any atom is -0.497 e. The lowest BCUT2D eigenvalue weighted by atomic mass is 10.1. The summed E-state index contributed by atoms with van der Waals surface area (Å²) in [7, 11) is 1.63. The molecule has 4 aromatic rings. The maximum atomic E-state index is 12.7. The number of H-pyrrole nitrogens is 1. The molecule has 0 radical (unpaired) electrons. The Labute approximate surface area is 148 Å². The van der Waals surface area contributed by atoms with Gasteiger partial charge >= 0.3 is 0 Å². The zero-order valence-corrected chi connectivity index (χ0v) is 14.7. The number of hydrogen-bond acceptors (Lipinski definition) is 4. The van der Waals surface area contributed by atoms with E-state index in [-0.39, 0.29) is 5.56 Å². The van der Waals surface area contributed by atoms with E-state index in [0.717, 1.165) is 32.8 Å². The van der Waals surface area contributed by atoms with Gasteiger partial charge in [0, 0.05) is 16.5 Å². The van der Waals surface area contributed by atoms with E-state index in [9.17, 15) is 4.79 Å². The number of nitrogens with one attached hydrogen (secondary N) is 1. The number of thiophene rings is 1. The molecular formula is C20H16N2O2S. The van der Waals surface area contributed by atoms with Crippen LogP contribution in [-0.2, 0) is 0 Å². The number of aromatic amines is 1. The van der Waals surface area contributed by atoms with Crippen molar-refractivity contribution in [2.24, 2.45) is 0 Å². The van der Waals surface area contributed by atoms with Gasteiger partial charge in [0.2, 0.25) is 0 Å². The summed E-state index contributed by atoms with van der Waals surface area (Å²) in [5.41, 5.74) is 3.74. The Morgan fingerprint density at radius 3 is 2.68 bits per heavy atom. The number of ether oxygens (including phenoxy) is 1. The second-order valence-electron chi connectivity index (χ2n) is 5.85. The fraction of sp³-hybridized carbons (Fsp3) is 0.100. The van der Waals surface area contributed by atoms with Crippen molar-refractivity contribution in [2.75, 3.05) is 7.11 Å². The Hall–Kier alpha value is -2.92. The first kappa shape index (κ1) is 15.6. The Morgan fingerprint density at radius 1 is 1.08 bits per heavy atom. The number of rotatable bonds is 3. The SMILES string of the molecule is COc1cccc(-c2csc3nc(-c4cccc(C)c4)[nH]c(=O)c23)c1. The molecule has 5 heteroatoms. The number of fused-ring (bicyclic) bond motifs is 1. The Bertz CT molecular complexity index is 1130. The van der Waals surface area contributed by atoms with Crippen LogP contribution in [0.1, 0.15) is 5.56 Å². The summed E-state index contributed by atoms with van der Waals surface area (Å²) in [5, 5.41) is 2.59. The van der Waals surface area contributed by atoms with E-state index < -0.39 is 0 Å². The number of aryl methyl sites for hydroxylation is 1. The van der Waals surface area contributed by atoms with Crippen LogP contribution in [0.3, 0.4) is 0 Å². The summed E-state index contributed by atoms with van der Waals surface area (Å²) in [6.45, 7) is 2.02. The van der Waals surface area contributed by atoms with Crippen molar-refractivity contribution < 1.29 is 4.74 Å². The predicted octanol–water partition coefficient (Wildman–Crippen LogP) is 4.64. The zero-order valence-electron chi connectivity index (χ0n) is 13.9. The fourth-order valence-corrected chi connectivity index (χ4v) is 3.83. The molecule has 1 N–H and O–H groups in total. The summed E-state index contributed by atoms with van der Waals surface area (Å²) in [6.07, 6.45) is 0. The summed E-state index contributed by atoms with van der Waals surface area (Å²) in [6, 6.07) is 15.6. The molecule has 0 fully saturated rings. The second-order valence-corrected chi connectivity index (χ2v) is 6.70. The van der Waals surface area contributed by atoms with Gasteiger partial charge in [-0.2, -0.15) is 0 Å². The lowest BCUT2D eigenvalue weighted by Gasteiger charge is -2.05. The van der Waals surface area contributed by atoms with Gasteiger partial charge in [-0.05, 0) is 30.7 Å².